The molecule has 0 aliphatic carbocycles. The highest BCUT2D eigenvalue weighted by Gasteiger charge is 2.32. The maximum absolute atomic E-state index is 13.9. The molecule has 3 aromatic rings. The number of hydrogen-bond donors (Lipinski definition) is 1. The van der Waals surface area contributed by atoms with Crippen LogP contribution >= 0.6 is 0 Å². The van der Waals surface area contributed by atoms with Crippen LogP contribution in [0.15, 0.2) is 78.9 Å². The molecule has 0 saturated heterocycles. The Hall–Kier alpha value is -3.85. The largest absolute Gasteiger partial charge is 0.497 e. The van der Waals surface area contributed by atoms with Gasteiger partial charge in [0.15, 0.2) is 0 Å². The van der Waals surface area contributed by atoms with Crippen molar-refractivity contribution in [3.8, 4) is 5.75 Å². The number of aryl methyl sites for hydroxylation is 1. The quantitative estimate of drug-likeness (QED) is 0.417. The SMILES string of the molecule is CNC(=O)C(Cc1ccccc1)N(Cc1ccc(C)cc1)C(=O)CN(c1cccc(OC)c1)S(C)(=O)=O. The van der Waals surface area contributed by atoms with E-state index in [0.717, 1.165) is 27.3 Å². The fraction of sp³-hybridized carbons (Fsp3) is 0.286. The Morgan fingerprint density at radius 2 is 1.62 bits per heavy atom. The number of nitrogens with one attached hydrogen (secondary N) is 1. The average molecular weight is 524 g/mol. The fourth-order valence-electron chi connectivity index (χ4n) is 3.99. The molecule has 0 radical (unpaired) electrons. The number of sulfonamides is 1. The minimum atomic E-state index is -3.83. The molecule has 3 aromatic carbocycles. The molecular formula is C28H33N3O5S. The van der Waals surface area contributed by atoms with Gasteiger partial charge in [-0.1, -0.05) is 66.2 Å². The molecule has 8 nitrogen and oxygen atoms in total. The molecule has 37 heavy (non-hydrogen) atoms. The van der Waals surface area contributed by atoms with Crippen molar-refractivity contribution in [2.24, 2.45) is 0 Å². The highest BCUT2D eigenvalue weighted by molar-refractivity contribution is 7.92. The van der Waals surface area contributed by atoms with E-state index in [1.165, 1.54) is 19.1 Å². The summed E-state index contributed by atoms with van der Waals surface area (Å²) < 4.78 is 31.8. The van der Waals surface area contributed by atoms with Crippen molar-refractivity contribution in [2.45, 2.75) is 25.9 Å². The molecule has 2 amide bonds. The van der Waals surface area contributed by atoms with E-state index in [2.05, 4.69) is 5.32 Å². The third-order valence-corrected chi connectivity index (χ3v) is 7.15. The minimum Gasteiger partial charge on any atom is -0.497 e. The summed E-state index contributed by atoms with van der Waals surface area (Å²) >= 11 is 0. The molecule has 1 N–H and O–H groups in total. The lowest BCUT2D eigenvalue weighted by molar-refractivity contribution is -0.139. The number of ether oxygens (including phenoxy) is 1. The molecule has 9 heteroatoms. The van der Waals surface area contributed by atoms with Crippen molar-refractivity contribution in [2.75, 3.05) is 31.3 Å². The lowest BCUT2D eigenvalue weighted by Gasteiger charge is -2.33. The van der Waals surface area contributed by atoms with Crippen LogP contribution in [-0.4, -0.2) is 58.1 Å². The molecule has 1 unspecified atom stereocenters. The highest BCUT2D eigenvalue weighted by atomic mass is 32.2. The number of carbonyl (C=O) groups excluding carboxylic acids is 2. The number of benzene rings is 3. The predicted molar refractivity (Wildman–Crippen MR) is 145 cm³/mol. The minimum absolute atomic E-state index is 0.139. The summed E-state index contributed by atoms with van der Waals surface area (Å²) in [6.07, 6.45) is 1.32. The van der Waals surface area contributed by atoms with Gasteiger partial charge in [-0.2, -0.15) is 0 Å². The van der Waals surface area contributed by atoms with Crippen LogP contribution < -0.4 is 14.4 Å². The number of rotatable bonds is 11. The van der Waals surface area contributed by atoms with Gasteiger partial charge >= 0.3 is 0 Å². The smallest absolute Gasteiger partial charge is 0.244 e. The van der Waals surface area contributed by atoms with Crippen molar-refractivity contribution in [3.63, 3.8) is 0 Å². The zero-order valence-electron chi connectivity index (χ0n) is 21.5. The summed E-state index contributed by atoms with van der Waals surface area (Å²) in [5.41, 5.74) is 3.07. The van der Waals surface area contributed by atoms with E-state index < -0.39 is 28.5 Å². The van der Waals surface area contributed by atoms with Crippen LogP contribution in [0.1, 0.15) is 16.7 Å². The summed E-state index contributed by atoms with van der Waals surface area (Å²) in [6, 6.07) is 22.7. The van der Waals surface area contributed by atoms with Gasteiger partial charge in [-0.05, 0) is 30.2 Å². The molecule has 0 aliphatic heterocycles. The molecule has 0 saturated carbocycles. The van der Waals surface area contributed by atoms with Gasteiger partial charge in [0.05, 0.1) is 19.1 Å². The Morgan fingerprint density at radius 3 is 2.22 bits per heavy atom. The molecule has 196 valence electrons. The van der Waals surface area contributed by atoms with E-state index >= 15 is 0 Å². The lowest BCUT2D eigenvalue weighted by Crippen LogP contribution is -2.52. The zero-order valence-corrected chi connectivity index (χ0v) is 22.4. The van der Waals surface area contributed by atoms with E-state index in [1.54, 1.807) is 24.3 Å². The Kier molecular flexibility index (Phi) is 9.30. The first-order chi connectivity index (χ1) is 17.6. The number of methoxy groups -OCH3 is 1. The summed E-state index contributed by atoms with van der Waals surface area (Å²) in [4.78, 5) is 28.4. The van der Waals surface area contributed by atoms with Crippen molar-refractivity contribution in [3.05, 3.63) is 95.6 Å². The first-order valence-corrected chi connectivity index (χ1v) is 13.7. The van der Waals surface area contributed by atoms with Crippen LogP contribution in [0.4, 0.5) is 5.69 Å². The number of likely N-dealkylation sites (N-methyl/N-ethyl adjacent to an activating group) is 1. The summed E-state index contributed by atoms with van der Waals surface area (Å²) in [7, 11) is -0.827. The molecule has 0 aromatic heterocycles. The molecule has 0 fully saturated rings. The first-order valence-electron chi connectivity index (χ1n) is 11.8. The van der Waals surface area contributed by atoms with E-state index in [0.29, 0.717) is 11.4 Å². The lowest BCUT2D eigenvalue weighted by atomic mass is 10.0. The van der Waals surface area contributed by atoms with Crippen LogP contribution in [0.2, 0.25) is 0 Å². The second kappa shape index (κ2) is 12.4. The third-order valence-electron chi connectivity index (χ3n) is 6.01. The van der Waals surface area contributed by atoms with Gasteiger partial charge in [-0.15, -0.1) is 0 Å². The van der Waals surface area contributed by atoms with E-state index in [4.69, 9.17) is 4.74 Å². The first kappa shape index (κ1) is 27.7. The van der Waals surface area contributed by atoms with Crippen molar-refractivity contribution >= 4 is 27.5 Å². The summed E-state index contributed by atoms with van der Waals surface area (Å²) in [6.45, 7) is 1.63. The van der Waals surface area contributed by atoms with E-state index in [-0.39, 0.29) is 18.9 Å². The summed E-state index contributed by atoms with van der Waals surface area (Å²) in [5.74, 6) is -0.377. The Labute approximate surface area is 218 Å². The number of nitrogens with zero attached hydrogens (tertiary/aromatic N) is 2. The van der Waals surface area contributed by atoms with Gasteiger partial charge in [-0.25, -0.2) is 8.42 Å². The second-order valence-corrected chi connectivity index (χ2v) is 10.7. The maximum atomic E-state index is 13.9. The van der Waals surface area contributed by atoms with Crippen molar-refractivity contribution in [1.29, 1.82) is 0 Å². The predicted octanol–water partition coefficient (Wildman–Crippen LogP) is 3.16. The topological polar surface area (TPSA) is 96.0 Å². The molecular weight excluding hydrogens is 490 g/mol. The van der Waals surface area contributed by atoms with Crippen molar-refractivity contribution in [1.82, 2.24) is 10.2 Å². The van der Waals surface area contributed by atoms with E-state index in [1.807, 2.05) is 61.5 Å². The fourth-order valence-corrected chi connectivity index (χ4v) is 4.83. The van der Waals surface area contributed by atoms with Gasteiger partial charge in [0.25, 0.3) is 0 Å². The second-order valence-electron chi connectivity index (χ2n) is 8.80. The van der Waals surface area contributed by atoms with Gasteiger partial charge in [0.2, 0.25) is 21.8 Å². The number of amides is 2. The van der Waals surface area contributed by atoms with Crippen LogP contribution in [-0.2, 0) is 32.6 Å². The standard InChI is InChI=1S/C28H33N3O5S/c1-21-13-15-23(16-14-21)19-30(26(28(33)29-2)17-22-9-6-5-7-10-22)27(32)20-31(37(4,34)35)24-11-8-12-25(18-24)36-3/h5-16,18,26H,17,19-20H2,1-4H3,(H,29,33). The zero-order chi connectivity index (χ0) is 27.0. The van der Waals surface area contributed by atoms with Crippen LogP contribution in [0.5, 0.6) is 5.75 Å². The van der Waals surface area contributed by atoms with Crippen LogP contribution in [0, 0.1) is 6.92 Å². The number of anilines is 1. The highest BCUT2D eigenvalue weighted by Crippen LogP contribution is 2.24. The van der Waals surface area contributed by atoms with Gasteiger partial charge in [0, 0.05) is 26.1 Å². The molecule has 0 heterocycles. The van der Waals surface area contributed by atoms with Gasteiger partial charge < -0.3 is 15.0 Å². The third kappa shape index (κ3) is 7.57. The number of hydrogen-bond acceptors (Lipinski definition) is 5. The van der Waals surface area contributed by atoms with Gasteiger partial charge in [-0.3, -0.25) is 13.9 Å². The Bertz CT molecular complexity index is 1310. The molecule has 0 bridgehead atoms. The van der Waals surface area contributed by atoms with Crippen LogP contribution in [0.3, 0.4) is 0 Å². The normalized spacial score (nSPS) is 11.9. The average Bonchev–Trinajstić information content (AvgIpc) is 2.89. The Morgan fingerprint density at radius 1 is 0.946 bits per heavy atom. The van der Waals surface area contributed by atoms with Crippen LogP contribution in [0.25, 0.3) is 0 Å². The van der Waals surface area contributed by atoms with Crippen molar-refractivity contribution < 1.29 is 22.7 Å². The molecule has 0 aliphatic rings. The Balaban J connectivity index is 2.02. The molecule has 0 spiro atoms. The van der Waals surface area contributed by atoms with Gasteiger partial charge in [0.1, 0.15) is 18.3 Å². The summed E-state index contributed by atoms with van der Waals surface area (Å²) in [5, 5.41) is 2.66. The number of carbonyl (C=O) groups is 2. The molecule has 3 rings (SSSR count). The molecule has 1 atom stereocenters. The maximum Gasteiger partial charge on any atom is 0.244 e. The van der Waals surface area contributed by atoms with E-state index in [9.17, 15) is 18.0 Å². The monoisotopic (exact) mass is 523 g/mol.